The molecule has 344 valence electrons. The van der Waals surface area contributed by atoms with Crippen LogP contribution >= 0.6 is 22.7 Å². The highest BCUT2D eigenvalue weighted by Gasteiger charge is 2.27. The maximum Gasteiger partial charge on any atom is 0.335 e. The highest BCUT2D eigenvalue weighted by atomic mass is 32.1. The number of rotatable bonds is 13. The molecule has 8 aromatic rings. The monoisotopic (exact) mass is 942 g/mol. The predicted octanol–water partition coefficient (Wildman–Crippen LogP) is 12.2. The zero-order valence-corrected chi connectivity index (χ0v) is 39.2. The third kappa shape index (κ3) is 12.8. The summed E-state index contributed by atoms with van der Waals surface area (Å²) >= 11 is 2.78. The highest BCUT2D eigenvalue weighted by Crippen LogP contribution is 2.31. The lowest BCUT2D eigenvalue weighted by Crippen LogP contribution is -2.36. The van der Waals surface area contributed by atoms with E-state index in [0.29, 0.717) is 51.4 Å². The second-order valence-corrected chi connectivity index (χ2v) is 18.8. The number of halogens is 2. The molecular formula is C52H48F2N4O7S2. The van der Waals surface area contributed by atoms with Crippen LogP contribution in [0.4, 0.5) is 8.78 Å². The van der Waals surface area contributed by atoms with Crippen molar-refractivity contribution >= 4 is 46.1 Å². The number of hydrogen-bond donors (Lipinski definition) is 3. The van der Waals surface area contributed by atoms with Gasteiger partial charge in [-0.05, 0) is 122 Å². The Kier molecular flexibility index (Phi) is 15.7. The summed E-state index contributed by atoms with van der Waals surface area (Å²) in [5.74, 6) is -0.808. The Labute approximate surface area is 394 Å². The Morgan fingerprint density at radius 2 is 1.04 bits per heavy atom. The molecule has 0 saturated heterocycles. The molecule has 0 saturated carbocycles. The van der Waals surface area contributed by atoms with Gasteiger partial charge in [0.2, 0.25) is 11.8 Å². The van der Waals surface area contributed by atoms with E-state index in [0.717, 1.165) is 32.1 Å². The van der Waals surface area contributed by atoms with Gasteiger partial charge in [0, 0.05) is 50.4 Å². The quantitative estimate of drug-likeness (QED) is 0.0942. The molecule has 0 aliphatic rings. The number of aromatic nitrogens is 2. The van der Waals surface area contributed by atoms with E-state index in [9.17, 15) is 28.0 Å². The number of benzene rings is 4. The number of nitrogens with one attached hydrogen (secondary N) is 1. The summed E-state index contributed by atoms with van der Waals surface area (Å²) in [4.78, 5) is 58.6. The Morgan fingerprint density at radius 3 is 1.46 bits per heavy atom. The van der Waals surface area contributed by atoms with Gasteiger partial charge in [0.15, 0.2) is 11.6 Å². The van der Waals surface area contributed by atoms with E-state index < -0.39 is 11.4 Å². The second-order valence-electron chi connectivity index (χ2n) is 16.7. The van der Waals surface area contributed by atoms with E-state index in [4.69, 9.17) is 19.7 Å². The van der Waals surface area contributed by atoms with Gasteiger partial charge in [-0.15, -0.1) is 22.7 Å². The summed E-state index contributed by atoms with van der Waals surface area (Å²) in [6, 6.07) is 33.3. The van der Waals surface area contributed by atoms with E-state index >= 15 is 0 Å². The van der Waals surface area contributed by atoms with Gasteiger partial charge in [-0.2, -0.15) is 0 Å². The summed E-state index contributed by atoms with van der Waals surface area (Å²) in [5.41, 5.74) is 10.4. The van der Waals surface area contributed by atoms with Gasteiger partial charge in [0.25, 0.3) is 5.91 Å². The Balaban J connectivity index is 0.000000183. The number of nitrogens with zero attached hydrogens (tertiary/aromatic N) is 2. The first-order valence-electron chi connectivity index (χ1n) is 20.9. The van der Waals surface area contributed by atoms with Crippen molar-refractivity contribution in [1.82, 2.24) is 15.3 Å². The maximum atomic E-state index is 13.2. The summed E-state index contributed by atoms with van der Waals surface area (Å²) < 4.78 is 36.9. The summed E-state index contributed by atoms with van der Waals surface area (Å²) in [6.45, 7) is 11.8. The van der Waals surface area contributed by atoms with Crippen molar-refractivity contribution in [3.63, 3.8) is 0 Å². The minimum Gasteiger partial charge on any atom is -0.478 e. The van der Waals surface area contributed by atoms with Crippen LogP contribution in [0.2, 0.25) is 0 Å². The molecule has 67 heavy (non-hydrogen) atoms. The first-order valence-corrected chi connectivity index (χ1v) is 22.5. The molecule has 4 aromatic carbocycles. The van der Waals surface area contributed by atoms with Crippen molar-refractivity contribution in [2.45, 2.75) is 52.4 Å². The summed E-state index contributed by atoms with van der Waals surface area (Å²) in [5, 5.41) is 11.9. The Morgan fingerprint density at radius 1 is 0.612 bits per heavy atom. The number of carbonyl (C=O) groups is 4. The van der Waals surface area contributed by atoms with Gasteiger partial charge in [-0.1, -0.05) is 52.0 Å². The molecule has 0 radical (unpaired) electrons. The molecule has 1 amide bonds. The third-order valence-electron chi connectivity index (χ3n) is 10.5. The fourth-order valence-corrected chi connectivity index (χ4v) is 8.00. The molecule has 8 rings (SSSR count). The number of oxazole rings is 2. The minimum atomic E-state index is -0.949. The van der Waals surface area contributed by atoms with E-state index in [1.165, 1.54) is 53.9 Å². The average Bonchev–Trinajstić information content (AvgIpc) is 4.17. The Bertz CT molecular complexity index is 3000. The number of ketones is 2. The minimum absolute atomic E-state index is 0.0237. The number of Topliss-reactive ketones (excluding diaryl/α,β-unsaturated/α-hetero) is 2. The zero-order valence-electron chi connectivity index (χ0n) is 37.6. The van der Waals surface area contributed by atoms with Crippen LogP contribution in [-0.4, -0.2) is 51.6 Å². The van der Waals surface area contributed by atoms with Crippen LogP contribution in [0.3, 0.4) is 0 Å². The maximum absolute atomic E-state index is 13.2. The van der Waals surface area contributed by atoms with Crippen LogP contribution in [0.1, 0.15) is 93.0 Å². The van der Waals surface area contributed by atoms with Crippen molar-refractivity contribution in [3.05, 3.63) is 178 Å². The van der Waals surface area contributed by atoms with Crippen molar-refractivity contribution in [2.24, 2.45) is 5.73 Å². The largest absolute Gasteiger partial charge is 0.478 e. The normalized spacial score (nSPS) is 11.2. The first kappa shape index (κ1) is 49.2. The molecule has 0 aliphatic carbocycles. The molecule has 0 spiro atoms. The number of nitrogens with two attached hydrogens (primary N) is 1. The number of carboxylic acids is 1. The van der Waals surface area contributed by atoms with Gasteiger partial charge in [-0.25, -0.2) is 23.5 Å². The highest BCUT2D eigenvalue weighted by molar-refractivity contribution is 7.17. The topological polar surface area (TPSA) is 179 Å². The predicted molar refractivity (Wildman–Crippen MR) is 258 cm³/mol. The van der Waals surface area contributed by atoms with Gasteiger partial charge in [0.1, 0.15) is 24.2 Å². The van der Waals surface area contributed by atoms with Gasteiger partial charge in [0.05, 0.1) is 26.7 Å². The van der Waals surface area contributed by atoms with Crippen molar-refractivity contribution in [3.8, 4) is 43.8 Å². The van der Waals surface area contributed by atoms with Crippen molar-refractivity contribution < 1.29 is 41.9 Å². The first-order chi connectivity index (χ1) is 31.8. The molecule has 15 heteroatoms. The standard InChI is InChI=1S/C26H23FN2O3S.C13H15FN2O.C13H10O3S/c1-16(30)21-11-12-22(33-21)18-5-4-6-19(13-18)24(31)28-15-26(2,3)23-14-32-25(29-23)17-7-9-20(27)10-8-17;1-13(2,8-15)11-7-17-12(16-11)9-3-5-10(14)6-4-9;1-8(14)11-5-6-12(17-11)9-3-2-4-10(7-9)13(15)16/h4-14H,15H2,1-3H3,(H,28,31);3-7H,8,15H2,1-2H3;2-7H,1H3,(H,15,16). The van der Waals surface area contributed by atoms with Gasteiger partial charge < -0.3 is 25.0 Å². The third-order valence-corrected chi connectivity index (χ3v) is 13.0. The van der Waals surface area contributed by atoms with Crippen LogP contribution < -0.4 is 11.1 Å². The molecule has 0 aliphatic heterocycles. The number of thiophene rings is 2. The molecule has 4 heterocycles. The van der Waals surface area contributed by atoms with Gasteiger partial charge in [-0.3, -0.25) is 14.4 Å². The molecule has 11 nitrogen and oxygen atoms in total. The average molecular weight is 943 g/mol. The summed E-state index contributed by atoms with van der Waals surface area (Å²) in [7, 11) is 0. The molecule has 0 fully saturated rings. The van der Waals surface area contributed by atoms with Crippen LogP contribution in [0.15, 0.2) is 143 Å². The molecule has 4 N–H and O–H groups in total. The number of amides is 1. The van der Waals surface area contributed by atoms with E-state index in [-0.39, 0.29) is 40.1 Å². The van der Waals surface area contributed by atoms with Crippen LogP contribution in [-0.2, 0) is 10.8 Å². The van der Waals surface area contributed by atoms with E-state index in [2.05, 4.69) is 15.3 Å². The van der Waals surface area contributed by atoms with Crippen molar-refractivity contribution in [2.75, 3.05) is 13.1 Å². The molecule has 0 atom stereocenters. The second kappa shape index (κ2) is 21.4. The van der Waals surface area contributed by atoms with Crippen molar-refractivity contribution in [1.29, 1.82) is 0 Å². The van der Waals surface area contributed by atoms with E-state index in [1.807, 2.05) is 64.1 Å². The van der Waals surface area contributed by atoms with Gasteiger partial charge >= 0.3 is 5.97 Å². The van der Waals surface area contributed by atoms with Crippen LogP contribution in [0, 0.1) is 11.6 Å². The van der Waals surface area contributed by atoms with E-state index in [1.54, 1.807) is 80.1 Å². The molecule has 4 aromatic heterocycles. The fourth-order valence-electron chi connectivity index (χ4n) is 6.20. The number of aromatic carboxylic acids is 1. The molecule has 0 unspecified atom stereocenters. The lowest BCUT2D eigenvalue weighted by Gasteiger charge is -2.22. The molecule has 0 bridgehead atoms. The number of carboxylic acid groups (broad SMARTS) is 1. The number of hydrogen-bond acceptors (Lipinski definition) is 11. The lowest BCUT2D eigenvalue weighted by molar-refractivity contribution is 0.0696. The molecular weight excluding hydrogens is 895 g/mol. The number of carbonyl (C=O) groups excluding carboxylic acids is 3. The smallest absolute Gasteiger partial charge is 0.335 e. The lowest BCUT2D eigenvalue weighted by atomic mass is 9.90. The Hall–Kier alpha value is -7.20. The summed E-state index contributed by atoms with van der Waals surface area (Å²) in [6.07, 6.45) is 3.17. The SMILES string of the molecule is CC(=O)c1ccc(-c2cccc(C(=O)NCC(C)(C)c3coc(-c4ccc(F)cc4)n3)c2)s1.CC(=O)c1ccc(-c2cccc(C(=O)O)c2)s1.CC(C)(CN)c1coc(-c2ccc(F)cc2)n1. The fraction of sp³-hybridized carbons (Fsp3) is 0.192. The zero-order chi connectivity index (χ0) is 48.5. The van der Waals surface area contributed by atoms with Crippen LogP contribution in [0.25, 0.3) is 43.8 Å². The van der Waals surface area contributed by atoms with Crippen LogP contribution in [0.5, 0.6) is 0 Å².